The summed E-state index contributed by atoms with van der Waals surface area (Å²) in [5.41, 5.74) is 6.15. The highest BCUT2D eigenvalue weighted by molar-refractivity contribution is 7.89. The third kappa shape index (κ3) is 4.70. The van der Waals surface area contributed by atoms with Gasteiger partial charge in [0.25, 0.3) is 0 Å². The minimum Gasteiger partial charge on any atom is -0.492 e. The Balaban J connectivity index is 2.52. The van der Waals surface area contributed by atoms with Crippen LogP contribution < -0.4 is 10.5 Å². The SMILES string of the molecule is CC(CO)N(C)S(=O)(=O)CCOc1cccc(N)c1. The molecule has 1 aromatic rings. The first-order chi connectivity index (χ1) is 8.86. The first-order valence-corrected chi connectivity index (χ1v) is 7.52. The van der Waals surface area contributed by atoms with E-state index in [1.54, 1.807) is 31.2 Å². The summed E-state index contributed by atoms with van der Waals surface area (Å²) in [5.74, 6) is 0.385. The Hall–Kier alpha value is -1.31. The number of likely N-dealkylation sites (N-methyl/N-ethyl adjacent to an activating group) is 1. The molecule has 1 unspecified atom stereocenters. The number of hydrogen-bond donors (Lipinski definition) is 2. The molecule has 0 aliphatic carbocycles. The first-order valence-electron chi connectivity index (χ1n) is 5.91. The minimum atomic E-state index is -3.43. The van der Waals surface area contributed by atoms with Gasteiger partial charge < -0.3 is 15.6 Å². The highest BCUT2D eigenvalue weighted by atomic mass is 32.2. The van der Waals surface area contributed by atoms with Gasteiger partial charge in [-0.25, -0.2) is 8.42 Å². The Morgan fingerprint density at radius 1 is 1.47 bits per heavy atom. The van der Waals surface area contributed by atoms with E-state index in [2.05, 4.69) is 0 Å². The number of nitrogens with zero attached hydrogens (tertiary/aromatic N) is 1. The van der Waals surface area contributed by atoms with Gasteiger partial charge in [0.2, 0.25) is 10.0 Å². The fourth-order valence-electron chi connectivity index (χ4n) is 1.40. The Kier molecular flexibility index (Phi) is 5.59. The van der Waals surface area contributed by atoms with Crippen LogP contribution in [0, 0.1) is 0 Å². The Labute approximate surface area is 113 Å². The van der Waals surface area contributed by atoms with Gasteiger partial charge in [0.1, 0.15) is 12.4 Å². The fourth-order valence-corrected chi connectivity index (χ4v) is 2.60. The standard InChI is InChI=1S/C12H20N2O4S/c1-10(9-15)14(2)19(16,17)7-6-18-12-5-3-4-11(13)8-12/h3-5,8,10,15H,6-7,9,13H2,1-2H3. The lowest BCUT2D eigenvalue weighted by Gasteiger charge is -2.22. The van der Waals surface area contributed by atoms with Gasteiger partial charge in [-0.05, 0) is 19.1 Å². The predicted octanol–water partition coefficient (Wildman–Crippen LogP) is 0.290. The lowest BCUT2D eigenvalue weighted by atomic mass is 10.3. The summed E-state index contributed by atoms with van der Waals surface area (Å²) in [5, 5.41) is 8.95. The van der Waals surface area contributed by atoms with Crippen molar-refractivity contribution in [3.05, 3.63) is 24.3 Å². The Morgan fingerprint density at radius 3 is 2.74 bits per heavy atom. The van der Waals surface area contributed by atoms with E-state index >= 15 is 0 Å². The van der Waals surface area contributed by atoms with Gasteiger partial charge in [0.15, 0.2) is 0 Å². The topological polar surface area (TPSA) is 92.9 Å². The van der Waals surface area contributed by atoms with Crippen molar-refractivity contribution in [1.29, 1.82) is 0 Å². The molecule has 0 bridgehead atoms. The van der Waals surface area contributed by atoms with Crippen LogP contribution in [-0.2, 0) is 10.0 Å². The highest BCUT2D eigenvalue weighted by Crippen LogP contribution is 2.14. The third-order valence-electron chi connectivity index (χ3n) is 2.79. The highest BCUT2D eigenvalue weighted by Gasteiger charge is 2.22. The van der Waals surface area contributed by atoms with Crippen LogP contribution in [0.3, 0.4) is 0 Å². The van der Waals surface area contributed by atoms with Crippen LogP contribution in [0.5, 0.6) is 5.75 Å². The van der Waals surface area contributed by atoms with Gasteiger partial charge in [-0.15, -0.1) is 0 Å². The summed E-state index contributed by atoms with van der Waals surface area (Å²) in [4.78, 5) is 0. The molecule has 19 heavy (non-hydrogen) atoms. The Bertz CT molecular complexity index is 504. The van der Waals surface area contributed by atoms with Crippen molar-refractivity contribution < 1.29 is 18.3 Å². The average Bonchev–Trinajstić information content (AvgIpc) is 2.36. The van der Waals surface area contributed by atoms with Crippen molar-refractivity contribution in [3.63, 3.8) is 0 Å². The molecule has 7 heteroatoms. The molecule has 0 saturated heterocycles. The van der Waals surface area contributed by atoms with Crippen molar-refractivity contribution in [3.8, 4) is 5.75 Å². The second kappa shape index (κ2) is 6.74. The molecule has 108 valence electrons. The lowest BCUT2D eigenvalue weighted by molar-refractivity contribution is 0.213. The number of aliphatic hydroxyl groups is 1. The molecule has 0 saturated carbocycles. The molecule has 0 radical (unpaired) electrons. The van der Waals surface area contributed by atoms with E-state index in [1.807, 2.05) is 0 Å². The van der Waals surface area contributed by atoms with E-state index in [0.29, 0.717) is 11.4 Å². The summed E-state index contributed by atoms with van der Waals surface area (Å²) >= 11 is 0. The number of aliphatic hydroxyl groups excluding tert-OH is 1. The van der Waals surface area contributed by atoms with E-state index < -0.39 is 16.1 Å². The average molecular weight is 288 g/mol. The van der Waals surface area contributed by atoms with Gasteiger partial charge in [-0.1, -0.05) is 6.07 Å². The zero-order valence-electron chi connectivity index (χ0n) is 11.1. The monoisotopic (exact) mass is 288 g/mol. The van der Waals surface area contributed by atoms with Crippen LogP contribution in [0.1, 0.15) is 6.92 Å². The van der Waals surface area contributed by atoms with Gasteiger partial charge in [0, 0.05) is 24.8 Å². The van der Waals surface area contributed by atoms with E-state index in [9.17, 15) is 8.42 Å². The number of ether oxygens (including phenoxy) is 1. The maximum Gasteiger partial charge on any atom is 0.217 e. The number of nitrogens with two attached hydrogens (primary N) is 1. The minimum absolute atomic E-state index is 0.0360. The van der Waals surface area contributed by atoms with Gasteiger partial charge in [0.05, 0.1) is 12.4 Å². The molecular formula is C12H20N2O4S. The molecule has 1 rings (SSSR count). The van der Waals surface area contributed by atoms with Crippen LogP contribution in [0.2, 0.25) is 0 Å². The zero-order chi connectivity index (χ0) is 14.5. The summed E-state index contributed by atoms with van der Waals surface area (Å²) in [6, 6.07) is 6.35. The molecule has 0 spiro atoms. The van der Waals surface area contributed by atoms with Crippen molar-refractivity contribution in [2.24, 2.45) is 0 Å². The molecule has 0 aliphatic rings. The summed E-state index contributed by atoms with van der Waals surface area (Å²) in [6.07, 6.45) is 0. The molecule has 1 aromatic carbocycles. The molecule has 0 aliphatic heterocycles. The number of sulfonamides is 1. The van der Waals surface area contributed by atoms with Gasteiger partial charge in [-0.2, -0.15) is 4.31 Å². The lowest BCUT2D eigenvalue weighted by Crippen LogP contribution is -2.39. The van der Waals surface area contributed by atoms with Crippen LogP contribution in [0.25, 0.3) is 0 Å². The van der Waals surface area contributed by atoms with Crippen molar-refractivity contribution in [2.45, 2.75) is 13.0 Å². The van der Waals surface area contributed by atoms with Crippen molar-refractivity contribution >= 4 is 15.7 Å². The predicted molar refractivity (Wildman–Crippen MR) is 74.4 cm³/mol. The van der Waals surface area contributed by atoms with E-state index in [4.69, 9.17) is 15.6 Å². The Morgan fingerprint density at radius 2 is 2.16 bits per heavy atom. The molecule has 1 atom stereocenters. The number of hydrogen-bond acceptors (Lipinski definition) is 5. The molecular weight excluding hydrogens is 268 g/mol. The van der Waals surface area contributed by atoms with E-state index in [0.717, 1.165) is 4.31 Å². The molecule has 0 aromatic heterocycles. The molecule has 0 fully saturated rings. The quantitative estimate of drug-likeness (QED) is 0.703. The van der Waals surface area contributed by atoms with Crippen LogP contribution in [0.4, 0.5) is 5.69 Å². The maximum atomic E-state index is 11.9. The molecule has 0 heterocycles. The van der Waals surface area contributed by atoms with Crippen molar-refractivity contribution in [2.75, 3.05) is 31.7 Å². The first kappa shape index (κ1) is 15.7. The van der Waals surface area contributed by atoms with Crippen LogP contribution in [-0.4, -0.2) is 49.9 Å². The third-order valence-corrected chi connectivity index (χ3v) is 4.71. The second-order valence-electron chi connectivity index (χ2n) is 4.28. The molecule has 0 amide bonds. The number of nitrogen functional groups attached to an aromatic ring is 1. The van der Waals surface area contributed by atoms with Crippen LogP contribution in [0.15, 0.2) is 24.3 Å². The van der Waals surface area contributed by atoms with E-state index in [1.165, 1.54) is 7.05 Å². The number of benzene rings is 1. The van der Waals surface area contributed by atoms with Gasteiger partial charge in [-0.3, -0.25) is 0 Å². The maximum absolute atomic E-state index is 11.9. The number of rotatable bonds is 7. The molecule has 6 nitrogen and oxygen atoms in total. The van der Waals surface area contributed by atoms with Crippen molar-refractivity contribution in [1.82, 2.24) is 4.31 Å². The second-order valence-corrected chi connectivity index (χ2v) is 6.43. The fraction of sp³-hybridized carbons (Fsp3) is 0.500. The largest absolute Gasteiger partial charge is 0.492 e. The smallest absolute Gasteiger partial charge is 0.217 e. The van der Waals surface area contributed by atoms with E-state index in [-0.39, 0.29) is 19.0 Å². The summed E-state index contributed by atoms with van der Waals surface area (Å²) in [6.45, 7) is 1.45. The molecule has 3 N–H and O–H groups in total. The zero-order valence-corrected chi connectivity index (χ0v) is 11.9. The van der Waals surface area contributed by atoms with Gasteiger partial charge >= 0.3 is 0 Å². The van der Waals surface area contributed by atoms with Crippen LogP contribution >= 0.6 is 0 Å². The summed E-state index contributed by atoms with van der Waals surface area (Å²) < 4.78 is 30.3. The number of anilines is 1. The normalized spacial score (nSPS) is 13.5. The summed E-state index contributed by atoms with van der Waals surface area (Å²) in [7, 11) is -1.99.